The number of nitrogens with one attached hydrogen (secondary N) is 1. The molecule has 7 heteroatoms. The molecular weight excluding hydrogens is 302 g/mol. The maximum Gasteiger partial charge on any atom is 0.243 e. The van der Waals surface area contributed by atoms with E-state index in [1.165, 1.54) is 22.6 Å². The minimum Gasteiger partial charge on any atom is -0.493 e. The largest absolute Gasteiger partial charge is 0.493 e. The number of nitrogens with zero attached hydrogens (tertiary/aromatic N) is 2. The minimum atomic E-state index is -3.53. The third-order valence-electron chi connectivity index (χ3n) is 3.64. The van der Waals surface area contributed by atoms with Crippen LogP contribution in [0.25, 0.3) is 0 Å². The number of hydrogen-bond donors (Lipinski definition) is 1. The van der Waals surface area contributed by atoms with Crippen molar-refractivity contribution in [3.8, 4) is 5.75 Å². The van der Waals surface area contributed by atoms with Gasteiger partial charge in [-0.25, -0.2) is 13.1 Å². The first-order valence-corrected chi connectivity index (χ1v) is 8.68. The highest BCUT2D eigenvalue weighted by Gasteiger charge is 2.20. The standard InChI is InChI=1S/C15H19N3O3S/c1-11(17-22(19,20)14-9-16-18(2)10-14)7-12-3-4-15-13(8-12)5-6-21-15/h3-4,8-11,17H,5-7H2,1-2H3/t11-/m1/s1. The van der Waals surface area contributed by atoms with Gasteiger partial charge >= 0.3 is 0 Å². The monoisotopic (exact) mass is 321 g/mol. The van der Waals surface area contributed by atoms with Gasteiger partial charge in [-0.05, 0) is 30.5 Å². The summed E-state index contributed by atoms with van der Waals surface area (Å²) in [5, 5.41) is 3.90. The molecule has 22 heavy (non-hydrogen) atoms. The summed E-state index contributed by atoms with van der Waals surface area (Å²) in [6.45, 7) is 2.58. The Hall–Kier alpha value is -1.86. The first kappa shape index (κ1) is 15.1. The summed E-state index contributed by atoms with van der Waals surface area (Å²) in [4.78, 5) is 0.184. The van der Waals surface area contributed by atoms with Crippen LogP contribution in [0.2, 0.25) is 0 Å². The summed E-state index contributed by atoms with van der Waals surface area (Å²) in [6, 6.07) is 5.83. The fourth-order valence-corrected chi connectivity index (χ4v) is 3.86. The van der Waals surface area contributed by atoms with E-state index in [2.05, 4.69) is 15.9 Å². The fraction of sp³-hybridized carbons (Fsp3) is 0.400. The lowest BCUT2D eigenvalue weighted by Gasteiger charge is -2.14. The molecule has 0 saturated carbocycles. The molecule has 1 aromatic carbocycles. The number of rotatable bonds is 5. The van der Waals surface area contributed by atoms with E-state index < -0.39 is 10.0 Å². The third kappa shape index (κ3) is 3.15. The second-order valence-corrected chi connectivity index (χ2v) is 7.33. The van der Waals surface area contributed by atoms with E-state index in [4.69, 9.17) is 4.74 Å². The van der Waals surface area contributed by atoms with Crippen LogP contribution in [0.5, 0.6) is 5.75 Å². The van der Waals surface area contributed by atoms with Gasteiger partial charge < -0.3 is 4.74 Å². The molecule has 3 rings (SSSR count). The first-order chi connectivity index (χ1) is 10.4. The number of sulfonamides is 1. The molecule has 1 aromatic heterocycles. The topological polar surface area (TPSA) is 73.2 Å². The van der Waals surface area contributed by atoms with Crippen LogP contribution in [0.4, 0.5) is 0 Å². The first-order valence-electron chi connectivity index (χ1n) is 7.19. The van der Waals surface area contributed by atoms with Crippen LogP contribution in [0, 0.1) is 0 Å². The summed E-state index contributed by atoms with van der Waals surface area (Å²) < 4.78 is 34.1. The van der Waals surface area contributed by atoms with Crippen molar-refractivity contribution in [3.05, 3.63) is 41.7 Å². The van der Waals surface area contributed by atoms with Gasteiger partial charge in [-0.3, -0.25) is 4.68 Å². The molecule has 118 valence electrons. The summed E-state index contributed by atoms with van der Waals surface area (Å²) in [7, 11) is -1.84. The molecule has 0 aliphatic carbocycles. The van der Waals surface area contributed by atoms with Crippen molar-refractivity contribution in [2.24, 2.45) is 7.05 Å². The van der Waals surface area contributed by atoms with Crippen molar-refractivity contribution in [3.63, 3.8) is 0 Å². The van der Waals surface area contributed by atoms with E-state index in [0.717, 1.165) is 24.3 Å². The van der Waals surface area contributed by atoms with Crippen molar-refractivity contribution in [1.29, 1.82) is 0 Å². The summed E-state index contributed by atoms with van der Waals surface area (Å²) in [5.74, 6) is 0.937. The summed E-state index contributed by atoms with van der Waals surface area (Å²) >= 11 is 0. The van der Waals surface area contributed by atoms with Crippen molar-refractivity contribution in [2.45, 2.75) is 30.7 Å². The Labute approximate surface area is 130 Å². The highest BCUT2D eigenvalue weighted by molar-refractivity contribution is 7.89. The van der Waals surface area contributed by atoms with E-state index in [1.54, 1.807) is 7.05 Å². The van der Waals surface area contributed by atoms with Gasteiger partial charge in [-0.2, -0.15) is 5.10 Å². The maximum absolute atomic E-state index is 12.2. The van der Waals surface area contributed by atoms with Crippen LogP contribution in [-0.4, -0.2) is 30.8 Å². The average molecular weight is 321 g/mol. The molecular formula is C15H19N3O3S. The quantitative estimate of drug-likeness (QED) is 0.900. The van der Waals surface area contributed by atoms with Crippen LogP contribution < -0.4 is 9.46 Å². The lowest BCUT2D eigenvalue weighted by Crippen LogP contribution is -2.34. The second-order valence-electron chi connectivity index (χ2n) is 5.62. The van der Waals surface area contributed by atoms with Crippen LogP contribution in [-0.2, 0) is 29.9 Å². The Morgan fingerprint density at radius 2 is 2.27 bits per heavy atom. The van der Waals surface area contributed by atoms with Crippen molar-refractivity contribution >= 4 is 10.0 Å². The van der Waals surface area contributed by atoms with Gasteiger partial charge in [0, 0.05) is 25.7 Å². The van der Waals surface area contributed by atoms with Gasteiger partial charge in [0.2, 0.25) is 10.0 Å². The highest BCUT2D eigenvalue weighted by atomic mass is 32.2. The molecule has 1 aliphatic rings. The lowest BCUT2D eigenvalue weighted by molar-refractivity contribution is 0.357. The molecule has 0 bridgehead atoms. The van der Waals surface area contributed by atoms with Gasteiger partial charge in [0.1, 0.15) is 10.6 Å². The average Bonchev–Trinajstić information content (AvgIpc) is 3.06. The molecule has 0 saturated heterocycles. The predicted octanol–water partition coefficient (Wildman–Crippen LogP) is 1.26. The molecule has 0 unspecified atom stereocenters. The second kappa shape index (κ2) is 5.73. The van der Waals surface area contributed by atoms with Gasteiger partial charge in [-0.15, -0.1) is 0 Å². The van der Waals surface area contributed by atoms with Crippen LogP contribution in [0.15, 0.2) is 35.5 Å². The number of ether oxygens (including phenoxy) is 1. The number of hydrogen-bond acceptors (Lipinski definition) is 4. The van der Waals surface area contributed by atoms with Gasteiger partial charge in [0.05, 0.1) is 12.8 Å². The maximum atomic E-state index is 12.2. The number of aromatic nitrogens is 2. The molecule has 1 N–H and O–H groups in total. The van der Waals surface area contributed by atoms with Crippen molar-refractivity contribution in [1.82, 2.24) is 14.5 Å². The van der Waals surface area contributed by atoms with Gasteiger partial charge in [-0.1, -0.05) is 12.1 Å². The van der Waals surface area contributed by atoms with E-state index in [9.17, 15) is 8.42 Å². The van der Waals surface area contributed by atoms with Gasteiger partial charge in [0.15, 0.2) is 0 Å². The van der Waals surface area contributed by atoms with Crippen LogP contribution in [0.1, 0.15) is 18.1 Å². The molecule has 0 fully saturated rings. The number of benzene rings is 1. The zero-order valence-electron chi connectivity index (χ0n) is 12.6. The molecule has 6 nitrogen and oxygen atoms in total. The zero-order chi connectivity index (χ0) is 15.7. The van der Waals surface area contributed by atoms with E-state index in [0.29, 0.717) is 6.42 Å². The number of fused-ring (bicyclic) bond motifs is 1. The summed E-state index contributed by atoms with van der Waals surface area (Å²) in [5.41, 5.74) is 2.30. The minimum absolute atomic E-state index is 0.184. The van der Waals surface area contributed by atoms with E-state index in [1.807, 2.05) is 19.1 Å². The Balaban J connectivity index is 1.68. The SMILES string of the molecule is C[C@H](Cc1ccc2c(c1)CCO2)NS(=O)(=O)c1cnn(C)c1. The van der Waals surface area contributed by atoms with Gasteiger partial charge in [0.25, 0.3) is 0 Å². The molecule has 0 radical (unpaired) electrons. The predicted molar refractivity (Wildman–Crippen MR) is 82.3 cm³/mol. The smallest absolute Gasteiger partial charge is 0.243 e. The van der Waals surface area contributed by atoms with Crippen molar-refractivity contribution < 1.29 is 13.2 Å². The third-order valence-corrected chi connectivity index (χ3v) is 5.19. The molecule has 0 amide bonds. The lowest BCUT2D eigenvalue weighted by atomic mass is 10.0. The molecule has 2 heterocycles. The Morgan fingerprint density at radius 3 is 3.00 bits per heavy atom. The summed E-state index contributed by atoms with van der Waals surface area (Å²) in [6.07, 6.45) is 4.38. The van der Waals surface area contributed by atoms with E-state index >= 15 is 0 Å². The number of aryl methyl sites for hydroxylation is 1. The normalized spacial score (nSPS) is 15.4. The zero-order valence-corrected chi connectivity index (χ0v) is 13.4. The van der Waals surface area contributed by atoms with Crippen molar-refractivity contribution in [2.75, 3.05) is 6.61 Å². The fourth-order valence-electron chi connectivity index (χ4n) is 2.63. The van der Waals surface area contributed by atoms with Crippen LogP contribution >= 0.6 is 0 Å². The highest BCUT2D eigenvalue weighted by Crippen LogP contribution is 2.26. The van der Waals surface area contributed by atoms with E-state index in [-0.39, 0.29) is 10.9 Å². The molecule has 0 spiro atoms. The molecule has 1 atom stereocenters. The molecule has 1 aliphatic heterocycles. The molecule has 2 aromatic rings. The Morgan fingerprint density at radius 1 is 1.45 bits per heavy atom. The van der Waals surface area contributed by atoms with Crippen LogP contribution in [0.3, 0.4) is 0 Å². The Bertz CT molecular complexity index is 783. The Kier molecular flexibility index (Phi) is 3.92.